The molecular weight excluding hydrogens is 472 g/mol. The molecule has 1 aliphatic rings. The molecule has 4 aromatic rings. The average molecular weight is 499 g/mol. The highest BCUT2D eigenvalue weighted by Gasteiger charge is 2.33. The minimum absolute atomic E-state index is 0.214. The van der Waals surface area contributed by atoms with Crippen LogP contribution in [0.4, 0.5) is 0 Å². The molecule has 182 valence electrons. The van der Waals surface area contributed by atoms with Crippen molar-refractivity contribution in [3.05, 3.63) is 108 Å². The third-order valence-electron chi connectivity index (χ3n) is 6.34. The Balaban J connectivity index is 1.78. The van der Waals surface area contributed by atoms with Crippen molar-refractivity contribution in [3.63, 3.8) is 0 Å². The van der Waals surface area contributed by atoms with Gasteiger partial charge in [-0.2, -0.15) is 0 Å². The minimum atomic E-state index is -0.627. The van der Waals surface area contributed by atoms with Gasteiger partial charge in [-0.25, -0.2) is 9.79 Å². The Labute approximate surface area is 212 Å². The maximum Gasteiger partial charge on any atom is 0.338 e. The van der Waals surface area contributed by atoms with Crippen molar-refractivity contribution < 1.29 is 14.3 Å². The van der Waals surface area contributed by atoms with Crippen LogP contribution in [-0.2, 0) is 9.53 Å². The molecule has 1 aromatic heterocycles. The first-order valence-electron chi connectivity index (χ1n) is 11.7. The van der Waals surface area contributed by atoms with Crippen molar-refractivity contribution in [1.29, 1.82) is 0 Å². The number of fused-ring (bicyclic) bond motifs is 2. The maximum absolute atomic E-state index is 13.9. The molecule has 0 saturated carbocycles. The number of aryl methyl sites for hydroxylation is 1. The van der Waals surface area contributed by atoms with Gasteiger partial charge in [-0.15, -0.1) is 0 Å². The zero-order valence-corrected chi connectivity index (χ0v) is 21.4. The summed E-state index contributed by atoms with van der Waals surface area (Å²) in [7, 11) is 1.62. The second kappa shape index (κ2) is 9.59. The SMILES string of the molecule is CCOC(=O)C1=C(C)N=c2sc(=Cc3c(OC)ccc4ccccc34)c(=O)n2C1c1ccc(C)cc1. The lowest BCUT2D eigenvalue weighted by Gasteiger charge is -2.24. The molecule has 6 nitrogen and oxygen atoms in total. The van der Waals surface area contributed by atoms with Gasteiger partial charge in [-0.1, -0.05) is 71.5 Å². The highest BCUT2D eigenvalue weighted by molar-refractivity contribution is 7.07. The number of methoxy groups -OCH3 is 1. The topological polar surface area (TPSA) is 69.9 Å². The van der Waals surface area contributed by atoms with Crippen molar-refractivity contribution in [3.8, 4) is 5.75 Å². The van der Waals surface area contributed by atoms with Crippen LogP contribution in [0.2, 0.25) is 0 Å². The lowest BCUT2D eigenvalue weighted by molar-refractivity contribution is -0.139. The number of aromatic nitrogens is 1. The van der Waals surface area contributed by atoms with Gasteiger partial charge in [0.15, 0.2) is 4.80 Å². The molecule has 7 heteroatoms. The number of thiazole rings is 1. The standard InChI is InChI=1S/C29H26N2O4S/c1-5-35-28(33)25-18(3)30-29-31(26(25)20-12-10-17(2)11-13-20)27(32)24(36-29)16-22-21-9-7-6-8-19(21)14-15-23(22)34-4/h6-16,26H,5H2,1-4H3. The van der Waals surface area contributed by atoms with E-state index in [0.717, 1.165) is 27.5 Å². The number of allylic oxidation sites excluding steroid dienone is 1. The van der Waals surface area contributed by atoms with Gasteiger partial charge in [0.25, 0.3) is 5.56 Å². The van der Waals surface area contributed by atoms with E-state index >= 15 is 0 Å². The number of rotatable bonds is 5. The zero-order chi connectivity index (χ0) is 25.4. The van der Waals surface area contributed by atoms with Crippen molar-refractivity contribution in [2.24, 2.45) is 4.99 Å². The molecule has 1 aliphatic heterocycles. The fourth-order valence-corrected chi connectivity index (χ4v) is 5.62. The first-order chi connectivity index (χ1) is 17.4. The minimum Gasteiger partial charge on any atom is -0.496 e. The summed E-state index contributed by atoms with van der Waals surface area (Å²) < 4.78 is 13.1. The second-order valence-electron chi connectivity index (χ2n) is 8.62. The van der Waals surface area contributed by atoms with Gasteiger partial charge in [0.1, 0.15) is 5.75 Å². The quantitative estimate of drug-likeness (QED) is 0.386. The van der Waals surface area contributed by atoms with Gasteiger partial charge >= 0.3 is 5.97 Å². The predicted octanol–water partition coefficient (Wildman–Crippen LogP) is 4.27. The Morgan fingerprint density at radius 3 is 2.56 bits per heavy atom. The lowest BCUT2D eigenvalue weighted by Crippen LogP contribution is -2.39. The largest absolute Gasteiger partial charge is 0.496 e. The molecule has 0 saturated heterocycles. The predicted molar refractivity (Wildman–Crippen MR) is 142 cm³/mol. The van der Waals surface area contributed by atoms with Crippen LogP contribution < -0.4 is 19.6 Å². The van der Waals surface area contributed by atoms with Crippen LogP contribution in [0.5, 0.6) is 5.75 Å². The fraction of sp³-hybridized carbons (Fsp3) is 0.207. The molecule has 2 heterocycles. The van der Waals surface area contributed by atoms with Crippen LogP contribution in [0.1, 0.15) is 36.6 Å². The lowest BCUT2D eigenvalue weighted by atomic mass is 9.95. The summed E-state index contributed by atoms with van der Waals surface area (Å²) in [5.41, 5.74) is 3.46. The molecule has 3 aromatic carbocycles. The van der Waals surface area contributed by atoms with Crippen molar-refractivity contribution in [2.75, 3.05) is 13.7 Å². The van der Waals surface area contributed by atoms with Gasteiger partial charge in [-0.05, 0) is 49.2 Å². The molecule has 0 spiro atoms. The van der Waals surface area contributed by atoms with Crippen molar-refractivity contribution in [2.45, 2.75) is 26.8 Å². The summed E-state index contributed by atoms with van der Waals surface area (Å²) in [6, 6.07) is 19.1. The number of ether oxygens (including phenoxy) is 2. The van der Waals surface area contributed by atoms with E-state index in [1.165, 1.54) is 11.3 Å². The van der Waals surface area contributed by atoms with Gasteiger partial charge in [0, 0.05) is 5.56 Å². The van der Waals surface area contributed by atoms with Gasteiger partial charge in [0.05, 0.1) is 35.6 Å². The normalized spacial score (nSPS) is 15.6. The van der Waals surface area contributed by atoms with E-state index in [2.05, 4.69) is 4.99 Å². The number of hydrogen-bond donors (Lipinski definition) is 0. The number of esters is 1. The molecular formula is C29H26N2O4S. The van der Waals surface area contributed by atoms with E-state index in [4.69, 9.17) is 9.47 Å². The average Bonchev–Trinajstić information content (AvgIpc) is 3.18. The fourth-order valence-electron chi connectivity index (χ4n) is 4.59. The molecule has 0 amide bonds. The Hall–Kier alpha value is -3.97. The molecule has 0 aliphatic carbocycles. The van der Waals surface area contributed by atoms with Crippen molar-refractivity contribution in [1.82, 2.24) is 4.57 Å². The number of carbonyl (C=O) groups excluding carboxylic acids is 1. The molecule has 1 atom stereocenters. The van der Waals surface area contributed by atoms with E-state index in [-0.39, 0.29) is 12.2 Å². The van der Waals surface area contributed by atoms with Crippen LogP contribution in [0.15, 0.2) is 81.7 Å². The molecule has 0 bridgehead atoms. The van der Waals surface area contributed by atoms with Crippen LogP contribution in [0.25, 0.3) is 16.8 Å². The molecule has 1 unspecified atom stereocenters. The van der Waals surface area contributed by atoms with Crippen LogP contribution in [0, 0.1) is 6.92 Å². The number of benzene rings is 3. The van der Waals surface area contributed by atoms with Crippen molar-refractivity contribution >= 4 is 34.2 Å². The van der Waals surface area contributed by atoms with Crippen LogP contribution >= 0.6 is 11.3 Å². The molecule has 5 rings (SSSR count). The summed E-state index contributed by atoms with van der Waals surface area (Å²) in [5.74, 6) is 0.215. The number of carbonyl (C=O) groups is 1. The number of nitrogens with zero attached hydrogens (tertiary/aromatic N) is 2. The Bertz CT molecular complexity index is 1690. The Morgan fingerprint density at radius 1 is 1.08 bits per heavy atom. The van der Waals surface area contributed by atoms with E-state index in [0.29, 0.717) is 26.4 Å². The summed E-state index contributed by atoms with van der Waals surface area (Å²) in [5, 5.41) is 2.04. The second-order valence-corrected chi connectivity index (χ2v) is 9.62. The molecule has 0 radical (unpaired) electrons. The zero-order valence-electron chi connectivity index (χ0n) is 20.6. The highest BCUT2D eigenvalue weighted by Crippen LogP contribution is 2.31. The van der Waals surface area contributed by atoms with Crippen LogP contribution in [0.3, 0.4) is 0 Å². The smallest absolute Gasteiger partial charge is 0.338 e. The highest BCUT2D eigenvalue weighted by atomic mass is 32.1. The van der Waals surface area contributed by atoms with Gasteiger partial charge < -0.3 is 9.47 Å². The van der Waals surface area contributed by atoms with E-state index in [9.17, 15) is 9.59 Å². The monoisotopic (exact) mass is 498 g/mol. The summed E-state index contributed by atoms with van der Waals surface area (Å²) >= 11 is 1.30. The van der Waals surface area contributed by atoms with E-state index in [1.807, 2.05) is 73.7 Å². The summed E-state index contributed by atoms with van der Waals surface area (Å²) in [6.07, 6.45) is 1.86. The first-order valence-corrected chi connectivity index (χ1v) is 12.6. The Kier molecular flexibility index (Phi) is 6.33. The van der Waals surface area contributed by atoms with Crippen LogP contribution in [-0.4, -0.2) is 24.3 Å². The summed E-state index contributed by atoms with van der Waals surface area (Å²) in [6.45, 7) is 5.79. The molecule has 0 N–H and O–H groups in total. The molecule has 0 fully saturated rings. The molecule has 36 heavy (non-hydrogen) atoms. The number of hydrogen-bond acceptors (Lipinski definition) is 6. The maximum atomic E-state index is 13.9. The third-order valence-corrected chi connectivity index (χ3v) is 7.32. The Morgan fingerprint density at radius 2 is 1.83 bits per heavy atom. The first kappa shape index (κ1) is 23.8. The van der Waals surface area contributed by atoms with Gasteiger partial charge in [0.2, 0.25) is 0 Å². The van der Waals surface area contributed by atoms with E-state index in [1.54, 1.807) is 25.5 Å². The third kappa shape index (κ3) is 4.05. The van der Waals surface area contributed by atoms with Gasteiger partial charge in [-0.3, -0.25) is 9.36 Å². The summed E-state index contributed by atoms with van der Waals surface area (Å²) in [4.78, 5) is 32.1. The van der Waals surface area contributed by atoms with E-state index < -0.39 is 12.0 Å².